The first kappa shape index (κ1) is 9.85. The van der Waals surface area contributed by atoms with Gasteiger partial charge in [-0.25, -0.2) is 0 Å². The maximum atomic E-state index is 9.65. The third-order valence-corrected chi connectivity index (χ3v) is 2.24. The van der Waals surface area contributed by atoms with Crippen LogP contribution in [0.25, 0.3) is 0 Å². The molecule has 1 unspecified atom stereocenters. The fourth-order valence-electron chi connectivity index (χ4n) is 1.45. The van der Waals surface area contributed by atoms with E-state index in [1.807, 2.05) is 25.1 Å². The van der Waals surface area contributed by atoms with Gasteiger partial charge in [-0.05, 0) is 36.5 Å². The van der Waals surface area contributed by atoms with Crippen LogP contribution < -0.4 is 0 Å². The van der Waals surface area contributed by atoms with Crippen molar-refractivity contribution >= 4 is 0 Å². The van der Waals surface area contributed by atoms with Crippen molar-refractivity contribution in [1.29, 1.82) is 0 Å². The van der Waals surface area contributed by atoms with E-state index in [1.165, 1.54) is 0 Å². The van der Waals surface area contributed by atoms with Crippen molar-refractivity contribution in [3.63, 3.8) is 0 Å². The van der Waals surface area contributed by atoms with Crippen LogP contribution in [0.1, 0.15) is 30.4 Å². The van der Waals surface area contributed by atoms with Gasteiger partial charge in [0.05, 0.1) is 0 Å². The Morgan fingerprint density at radius 1 is 1.54 bits per heavy atom. The number of phenols is 1. The highest BCUT2D eigenvalue weighted by Gasteiger charge is 2.08. The van der Waals surface area contributed by atoms with Crippen LogP contribution in [0.2, 0.25) is 0 Å². The summed E-state index contributed by atoms with van der Waals surface area (Å²) < 4.78 is 0. The molecule has 0 saturated carbocycles. The Hall–Kier alpha value is -1.24. The standard InChI is InChI=1S/C12H16O/c1-4-5-10(3)11-7-6-9(2)8-12(11)13/h4,6-8,10,13H,1,5H2,2-3H3. The topological polar surface area (TPSA) is 20.2 Å². The molecule has 1 N–H and O–H groups in total. The maximum Gasteiger partial charge on any atom is 0.119 e. The molecule has 0 saturated heterocycles. The summed E-state index contributed by atoms with van der Waals surface area (Å²) in [5.41, 5.74) is 2.09. The minimum absolute atomic E-state index is 0.345. The van der Waals surface area contributed by atoms with E-state index in [4.69, 9.17) is 0 Å². The van der Waals surface area contributed by atoms with Gasteiger partial charge in [0.25, 0.3) is 0 Å². The smallest absolute Gasteiger partial charge is 0.119 e. The summed E-state index contributed by atoms with van der Waals surface area (Å²) in [4.78, 5) is 0. The van der Waals surface area contributed by atoms with Crippen molar-refractivity contribution in [2.45, 2.75) is 26.2 Å². The van der Waals surface area contributed by atoms with E-state index in [0.29, 0.717) is 11.7 Å². The van der Waals surface area contributed by atoms with E-state index < -0.39 is 0 Å². The normalized spacial score (nSPS) is 12.5. The lowest BCUT2D eigenvalue weighted by Crippen LogP contribution is -1.92. The predicted octanol–water partition coefficient (Wildman–Crippen LogP) is 3.38. The molecule has 1 atom stereocenters. The zero-order valence-electron chi connectivity index (χ0n) is 8.25. The quantitative estimate of drug-likeness (QED) is 0.700. The molecule has 13 heavy (non-hydrogen) atoms. The molecule has 0 spiro atoms. The first-order valence-electron chi connectivity index (χ1n) is 4.55. The molecule has 0 aliphatic rings. The van der Waals surface area contributed by atoms with Gasteiger partial charge in [0, 0.05) is 0 Å². The van der Waals surface area contributed by atoms with Crippen LogP contribution >= 0.6 is 0 Å². The molecule has 1 heteroatoms. The Bertz CT molecular complexity index is 302. The van der Waals surface area contributed by atoms with Gasteiger partial charge < -0.3 is 5.11 Å². The number of allylic oxidation sites excluding steroid dienone is 1. The predicted molar refractivity (Wildman–Crippen MR) is 56.1 cm³/mol. The fraction of sp³-hybridized carbons (Fsp3) is 0.333. The van der Waals surface area contributed by atoms with E-state index in [-0.39, 0.29) is 0 Å². The van der Waals surface area contributed by atoms with Gasteiger partial charge in [-0.1, -0.05) is 25.1 Å². The first-order chi connectivity index (χ1) is 6.15. The first-order valence-corrected chi connectivity index (χ1v) is 4.55. The fourth-order valence-corrected chi connectivity index (χ4v) is 1.45. The number of benzene rings is 1. The average molecular weight is 176 g/mol. The zero-order valence-corrected chi connectivity index (χ0v) is 8.25. The summed E-state index contributed by atoms with van der Waals surface area (Å²) >= 11 is 0. The minimum atomic E-state index is 0.345. The Kier molecular flexibility index (Phi) is 3.13. The van der Waals surface area contributed by atoms with E-state index in [1.54, 1.807) is 6.07 Å². The summed E-state index contributed by atoms with van der Waals surface area (Å²) in [6.07, 6.45) is 2.78. The molecule has 0 fully saturated rings. The Morgan fingerprint density at radius 2 is 2.23 bits per heavy atom. The van der Waals surface area contributed by atoms with Crippen molar-refractivity contribution in [2.75, 3.05) is 0 Å². The largest absolute Gasteiger partial charge is 0.508 e. The molecule has 0 aromatic heterocycles. The Labute approximate surface area is 79.7 Å². The molecule has 1 aromatic rings. The number of phenolic OH excluding ortho intramolecular Hbond substituents is 1. The Morgan fingerprint density at radius 3 is 2.77 bits per heavy atom. The third-order valence-electron chi connectivity index (χ3n) is 2.24. The summed E-state index contributed by atoms with van der Waals surface area (Å²) in [7, 11) is 0. The van der Waals surface area contributed by atoms with Crippen molar-refractivity contribution < 1.29 is 5.11 Å². The SMILES string of the molecule is C=CCC(C)c1ccc(C)cc1O. The van der Waals surface area contributed by atoms with Gasteiger partial charge in [0.2, 0.25) is 0 Å². The van der Waals surface area contributed by atoms with E-state index >= 15 is 0 Å². The van der Waals surface area contributed by atoms with E-state index in [2.05, 4.69) is 13.5 Å². The number of rotatable bonds is 3. The molecule has 0 aliphatic heterocycles. The Balaban J connectivity index is 2.94. The highest BCUT2D eigenvalue weighted by molar-refractivity contribution is 5.38. The third kappa shape index (κ3) is 2.35. The average Bonchev–Trinajstić information content (AvgIpc) is 2.04. The molecule has 0 amide bonds. The summed E-state index contributed by atoms with van der Waals surface area (Å²) in [5.74, 6) is 0.743. The van der Waals surface area contributed by atoms with Gasteiger partial charge in [0.1, 0.15) is 5.75 Å². The van der Waals surface area contributed by atoms with Crippen LogP contribution in [-0.2, 0) is 0 Å². The van der Waals surface area contributed by atoms with E-state index in [0.717, 1.165) is 17.5 Å². The highest BCUT2D eigenvalue weighted by Crippen LogP contribution is 2.28. The van der Waals surface area contributed by atoms with Gasteiger partial charge >= 0.3 is 0 Å². The van der Waals surface area contributed by atoms with Gasteiger partial charge in [-0.15, -0.1) is 6.58 Å². The summed E-state index contributed by atoms with van der Waals surface area (Å²) in [6, 6.07) is 5.81. The second-order valence-corrected chi connectivity index (χ2v) is 3.49. The molecule has 0 bridgehead atoms. The van der Waals surface area contributed by atoms with Crippen molar-refractivity contribution in [3.8, 4) is 5.75 Å². The molecule has 0 radical (unpaired) electrons. The lowest BCUT2D eigenvalue weighted by Gasteiger charge is -2.11. The van der Waals surface area contributed by atoms with Crippen LogP contribution in [0.4, 0.5) is 0 Å². The van der Waals surface area contributed by atoms with Crippen LogP contribution in [0.15, 0.2) is 30.9 Å². The molecule has 0 aliphatic carbocycles. The van der Waals surface area contributed by atoms with E-state index in [9.17, 15) is 5.11 Å². The second kappa shape index (κ2) is 4.13. The van der Waals surface area contributed by atoms with Gasteiger partial charge in [-0.2, -0.15) is 0 Å². The number of hydrogen-bond donors (Lipinski definition) is 1. The minimum Gasteiger partial charge on any atom is -0.508 e. The van der Waals surface area contributed by atoms with Crippen LogP contribution in [0.3, 0.4) is 0 Å². The van der Waals surface area contributed by atoms with Crippen LogP contribution in [0.5, 0.6) is 5.75 Å². The maximum absolute atomic E-state index is 9.65. The lowest BCUT2D eigenvalue weighted by atomic mass is 9.96. The number of aryl methyl sites for hydroxylation is 1. The summed E-state index contributed by atoms with van der Waals surface area (Å²) in [6.45, 7) is 7.75. The lowest BCUT2D eigenvalue weighted by molar-refractivity contribution is 0.462. The monoisotopic (exact) mass is 176 g/mol. The van der Waals surface area contributed by atoms with Crippen LogP contribution in [0, 0.1) is 6.92 Å². The van der Waals surface area contributed by atoms with Crippen molar-refractivity contribution in [3.05, 3.63) is 42.0 Å². The summed E-state index contributed by atoms with van der Waals surface area (Å²) in [5, 5.41) is 9.65. The zero-order chi connectivity index (χ0) is 9.84. The highest BCUT2D eigenvalue weighted by atomic mass is 16.3. The second-order valence-electron chi connectivity index (χ2n) is 3.49. The molecule has 1 aromatic carbocycles. The molecular weight excluding hydrogens is 160 g/mol. The number of aromatic hydroxyl groups is 1. The molecule has 70 valence electrons. The number of hydrogen-bond acceptors (Lipinski definition) is 1. The molecule has 0 heterocycles. The van der Waals surface area contributed by atoms with Gasteiger partial charge in [-0.3, -0.25) is 0 Å². The molecule has 1 rings (SSSR count). The van der Waals surface area contributed by atoms with Crippen molar-refractivity contribution in [1.82, 2.24) is 0 Å². The van der Waals surface area contributed by atoms with Crippen molar-refractivity contribution in [2.24, 2.45) is 0 Å². The van der Waals surface area contributed by atoms with Crippen LogP contribution in [-0.4, -0.2) is 5.11 Å². The molecule has 1 nitrogen and oxygen atoms in total. The molecular formula is C12H16O. The van der Waals surface area contributed by atoms with Gasteiger partial charge in [0.15, 0.2) is 0 Å².